The van der Waals surface area contributed by atoms with Crippen molar-refractivity contribution in [1.82, 2.24) is 34.7 Å². The van der Waals surface area contributed by atoms with Gasteiger partial charge in [0, 0.05) is 17.8 Å². The lowest BCUT2D eigenvalue weighted by Gasteiger charge is -2.23. The number of fused-ring (bicyclic) bond motifs is 1. The van der Waals surface area contributed by atoms with Gasteiger partial charge in [0.2, 0.25) is 5.88 Å². The van der Waals surface area contributed by atoms with Crippen LogP contribution in [0.15, 0.2) is 42.7 Å². The fraction of sp³-hybridized carbons (Fsp3) is 0.364. The van der Waals surface area contributed by atoms with Crippen LogP contribution in [-0.4, -0.2) is 42.5 Å². The number of imidazole rings is 1. The number of nitrogens with one attached hydrogen (secondary N) is 1. The molecule has 0 amide bonds. The van der Waals surface area contributed by atoms with Gasteiger partial charge in [0.15, 0.2) is 0 Å². The molecule has 31 heavy (non-hydrogen) atoms. The van der Waals surface area contributed by atoms with Crippen LogP contribution in [0.25, 0.3) is 16.9 Å². The summed E-state index contributed by atoms with van der Waals surface area (Å²) >= 11 is 6.41. The fourth-order valence-electron chi connectivity index (χ4n) is 4.13. The van der Waals surface area contributed by atoms with Crippen molar-refractivity contribution >= 4 is 17.2 Å². The van der Waals surface area contributed by atoms with E-state index >= 15 is 0 Å². The summed E-state index contributed by atoms with van der Waals surface area (Å²) in [4.78, 5) is 8.84. The second-order valence-electron chi connectivity index (χ2n) is 7.82. The third-order valence-electron chi connectivity index (χ3n) is 5.79. The molecule has 0 spiro atoms. The van der Waals surface area contributed by atoms with Crippen LogP contribution in [0.2, 0.25) is 5.15 Å². The predicted molar refractivity (Wildman–Crippen MR) is 118 cm³/mol. The number of ether oxygens (including phenoxy) is 1. The molecule has 0 aliphatic carbocycles. The molecule has 1 fully saturated rings. The summed E-state index contributed by atoms with van der Waals surface area (Å²) in [6, 6.07) is 10.1. The predicted octanol–water partition coefficient (Wildman–Crippen LogP) is 4.01. The highest BCUT2D eigenvalue weighted by atomic mass is 35.5. The monoisotopic (exact) mass is 437 g/mol. The smallest absolute Gasteiger partial charge is 0.201 e. The van der Waals surface area contributed by atoms with E-state index in [0.29, 0.717) is 22.7 Å². The lowest BCUT2D eigenvalue weighted by molar-refractivity contribution is 0.210. The zero-order valence-corrected chi connectivity index (χ0v) is 18.3. The van der Waals surface area contributed by atoms with Crippen molar-refractivity contribution in [2.75, 3.05) is 13.1 Å². The van der Waals surface area contributed by atoms with Crippen LogP contribution in [0.5, 0.6) is 5.88 Å². The largest absolute Gasteiger partial charge is 0.469 e. The maximum Gasteiger partial charge on any atom is 0.201 e. The summed E-state index contributed by atoms with van der Waals surface area (Å²) in [7, 11) is 0. The molecule has 0 saturated carbocycles. The Bertz CT molecular complexity index is 1200. The maximum absolute atomic E-state index is 6.41. The number of halogens is 1. The minimum Gasteiger partial charge on any atom is -0.469 e. The Morgan fingerprint density at radius 2 is 2.03 bits per heavy atom. The molecule has 1 aliphatic rings. The van der Waals surface area contributed by atoms with Gasteiger partial charge in [0.25, 0.3) is 0 Å². The van der Waals surface area contributed by atoms with Gasteiger partial charge in [-0.15, -0.1) is 5.10 Å². The van der Waals surface area contributed by atoms with Crippen molar-refractivity contribution in [3.63, 3.8) is 0 Å². The Morgan fingerprint density at radius 3 is 2.81 bits per heavy atom. The first-order chi connectivity index (χ1) is 15.1. The van der Waals surface area contributed by atoms with E-state index in [1.165, 1.54) is 0 Å². The van der Waals surface area contributed by atoms with Gasteiger partial charge in [-0.05, 0) is 58.0 Å². The number of hydrogen-bond acceptors (Lipinski definition) is 6. The molecule has 5 rings (SSSR count). The molecular formula is C22H24ClN7O. The van der Waals surface area contributed by atoms with Gasteiger partial charge < -0.3 is 10.1 Å². The molecule has 0 aromatic carbocycles. The second-order valence-corrected chi connectivity index (χ2v) is 8.21. The van der Waals surface area contributed by atoms with E-state index in [0.717, 1.165) is 48.6 Å². The number of pyridine rings is 2. The van der Waals surface area contributed by atoms with Gasteiger partial charge in [-0.3, -0.25) is 9.38 Å². The standard InChI is InChI=1S/C22H24ClN7O/c1-14-22(27-28-30(14)17-6-9-24-10-7-17)16-11-20-26-13-19(23)29(20)21(12-16)31-15(2)18-5-3-4-8-25-18/h3-5,8,11-13,15,17,24H,6-7,9-10H2,1-2H3/t15-/m1/s1. The molecule has 0 bridgehead atoms. The Kier molecular flexibility index (Phi) is 5.33. The van der Waals surface area contributed by atoms with E-state index in [1.54, 1.807) is 16.8 Å². The van der Waals surface area contributed by atoms with Gasteiger partial charge in [-0.1, -0.05) is 22.9 Å². The number of nitrogens with zero attached hydrogens (tertiary/aromatic N) is 6. The summed E-state index contributed by atoms with van der Waals surface area (Å²) in [6.45, 7) is 6.03. The molecule has 0 radical (unpaired) electrons. The molecule has 9 heteroatoms. The molecule has 1 saturated heterocycles. The Morgan fingerprint density at radius 1 is 1.19 bits per heavy atom. The topological polar surface area (TPSA) is 82.2 Å². The molecule has 8 nitrogen and oxygen atoms in total. The SMILES string of the molecule is Cc1c(-c2cc(O[C@H](C)c3ccccn3)n3c(Cl)cnc3c2)nnn1C1CCNCC1. The summed E-state index contributed by atoms with van der Waals surface area (Å²) in [5, 5.41) is 12.9. The van der Waals surface area contributed by atoms with Gasteiger partial charge >= 0.3 is 0 Å². The number of piperidine rings is 1. The molecule has 160 valence electrons. The normalized spacial score (nSPS) is 16.0. The zero-order valence-electron chi connectivity index (χ0n) is 17.5. The highest BCUT2D eigenvalue weighted by molar-refractivity contribution is 6.29. The molecule has 1 aliphatic heterocycles. The third kappa shape index (κ3) is 3.77. The van der Waals surface area contributed by atoms with E-state index in [-0.39, 0.29) is 6.10 Å². The van der Waals surface area contributed by atoms with Gasteiger partial charge in [-0.2, -0.15) is 0 Å². The van der Waals surface area contributed by atoms with Crippen LogP contribution in [-0.2, 0) is 0 Å². The summed E-state index contributed by atoms with van der Waals surface area (Å²) < 4.78 is 10.1. The highest BCUT2D eigenvalue weighted by Crippen LogP contribution is 2.32. The van der Waals surface area contributed by atoms with Crippen LogP contribution in [0, 0.1) is 6.92 Å². The zero-order chi connectivity index (χ0) is 21.4. The molecule has 4 aromatic rings. The molecule has 0 unspecified atom stereocenters. The lowest BCUT2D eigenvalue weighted by Crippen LogP contribution is -2.30. The summed E-state index contributed by atoms with van der Waals surface area (Å²) in [5.74, 6) is 0.587. The van der Waals surface area contributed by atoms with Crippen molar-refractivity contribution in [1.29, 1.82) is 0 Å². The molecule has 5 heterocycles. The Labute approximate surface area is 185 Å². The molecule has 1 N–H and O–H groups in total. The van der Waals surface area contributed by atoms with Crippen molar-refractivity contribution in [3.05, 3.63) is 59.3 Å². The molecule has 4 aromatic heterocycles. The van der Waals surface area contributed by atoms with Crippen LogP contribution in [0.4, 0.5) is 0 Å². The van der Waals surface area contributed by atoms with E-state index in [4.69, 9.17) is 16.3 Å². The minimum atomic E-state index is -0.260. The van der Waals surface area contributed by atoms with Crippen LogP contribution < -0.4 is 10.1 Å². The highest BCUT2D eigenvalue weighted by Gasteiger charge is 2.22. The van der Waals surface area contributed by atoms with Gasteiger partial charge in [0.05, 0.1) is 23.6 Å². The fourth-order valence-corrected chi connectivity index (χ4v) is 4.35. The van der Waals surface area contributed by atoms with Crippen molar-refractivity contribution in [3.8, 4) is 17.1 Å². The van der Waals surface area contributed by atoms with E-state index in [1.807, 2.05) is 37.3 Å². The van der Waals surface area contributed by atoms with E-state index in [9.17, 15) is 0 Å². The first-order valence-electron chi connectivity index (χ1n) is 10.5. The lowest BCUT2D eigenvalue weighted by atomic mass is 10.1. The second kappa shape index (κ2) is 8.28. The van der Waals surface area contributed by atoms with Crippen molar-refractivity contribution in [2.45, 2.75) is 38.8 Å². The number of aromatic nitrogens is 6. The van der Waals surface area contributed by atoms with Crippen molar-refractivity contribution < 1.29 is 4.74 Å². The van der Waals surface area contributed by atoms with Gasteiger partial charge in [-0.25, -0.2) is 9.67 Å². The third-order valence-corrected chi connectivity index (χ3v) is 6.05. The minimum absolute atomic E-state index is 0.260. The van der Waals surface area contributed by atoms with Crippen molar-refractivity contribution in [2.24, 2.45) is 0 Å². The first-order valence-corrected chi connectivity index (χ1v) is 10.9. The Hall–Kier alpha value is -2.97. The first kappa shape index (κ1) is 20.0. The number of rotatable bonds is 5. The summed E-state index contributed by atoms with van der Waals surface area (Å²) in [6.07, 6.45) is 5.22. The van der Waals surface area contributed by atoms with Gasteiger partial charge in [0.1, 0.15) is 22.6 Å². The Balaban J connectivity index is 1.54. The molecular weight excluding hydrogens is 414 g/mol. The van der Waals surface area contributed by atoms with E-state index in [2.05, 4.69) is 37.2 Å². The van der Waals surface area contributed by atoms with Crippen LogP contribution in [0.1, 0.15) is 43.3 Å². The van der Waals surface area contributed by atoms with Crippen LogP contribution >= 0.6 is 11.6 Å². The maximum atomic E-state index is 6.41. The summed E-state index contributed by atoms with van der Waals surface area (Å²) in [5.41, 5.74) is 4.30. The quantitative estimate of drug-likeness (QED) is 0.508. The number of hydrogen-bond donors (Lipinski definition) is 1. The average molecular weight is 438 g/mol. The van der Waals surface area contributed by atoms with Crippen LogP contribution in [0.3, 0.4) is 0 Å². The van der Waals surface area contributed by atoms with E-state index < -0.39 is 0 Å². The average Bonchev–Trinajstić information content (AvgIpc) is 3.37. The molecule has 1 atom stereocenters.